The zero-order chi connectivity index (χ0) is 15.4. The highest BCUT2D eigenvalue weighted by atomic mass is 32.2. The molecular formula is C14H16N2O3S2. The molecule has 21 heavy (non-hydrogen) atoms. The Balaban J connectivity index is 1.89. The smallest absolute Gasteiger partial charge is 0.228 e. The second kappa shape index (κ2) is 4.55. The number of fused-ring (bicyclic) bond motifs is 1. The Kier molecular flexibility index (Phi) is 3.15. The molecule has 0 saturated heterocycles. The van der Waals surface area contributed by atoms with Crippen molar-refractivity contribution in [2.24, 2.45) is 11.3 Å². The van der Waals surface area contributed by atoms with Crippen molar-refractivity contribution in [3.05, 3.63) is 16.0 Å². The summed E-state index contributed by atoms with van der Waals surface area (Å²) < 4.78 is 23.4. The highest BCUT2D eigenvalue weighted by Crippen LogP contribution is 2.52. The Labute approximate surface area is 127 Å². The molecular weight excluding hydrogens is 308 g/mol. The van der Waals surface area contributed by atoms with E-state index in [-0.39, 0.29) is 28.7 Å². The largest absolute Gasteiger partial charge is 0.316 e. The first kappa shape index (κ1) is 14.5. The van der Waals surface area contributed by atoms with Crippen molar-refractivity contribution in [3.8, 4) is 6.07 Å². The second-order valence-corrected chi connectivity index (χ2v) is 9.69. The van der Waals surface area contributed by atoms with Gasteiger partial charge in [-0.05, 0) is 23.8 Å². The van der Waals surface area contributed by atoms with E-state index in [0.717, 1.165) is 12.0 Å². The van der Waals surface area contributed by atoms with Gasteiger partial charge in [-0.3, -0.25) is 4.79 Å². The van der Waals surface area contributed by atoms with Crippen molar-refractivity contribution in [3.63, 3.8) is 0 Å². The number of nitrogens with zero attached hydrogens (tertiary/aromatic N) is 1. The molecule has 0 radical (unpaired) electrons. The number of carbonyl (C=O) groups excluding carboxylic acids is 1. The lowest BCUT2D eigenvalue weighted by atomic mass is 10.1. The number of nitriles is 1. The van der Waals surface area contributed by atoms with Crippen molar-refractivity contribution in [1.82, 2.24) is 0 Å². The lowest BCUT2D eigenvalue weighted by Crippen LogP contribution is -2.18. The van der Waals surface area contributed by atoms with Crippen LogP contribution in [0.2, 0.25) is 0 Å². The third kappa shape index (κ3) is 2.58. The van der Waals surface area contributed by atoms with E-state index >= 15 is 0 Å². The number of anilines is 1. The monoisotopic (exact) mass is 324 g/mol. The molecule has 5 nitrogen and oxygen atoms in total. The number of thiophene rings is 1. The summed E-state index contributed by atoms with van der Waals surface area (Å²) in [5.74, 6) is -0.0362. The highest BCUT2D eigenvalue weighted by molar-refractivity contribution is 7.90. The van der Waals surface area contributed by atoms with Crippen LogP contribution in [0.4, 0.5) is 5.00 Å². The minimum Gasteiger partial charge on any atom is -0.316 e. The van der Waals surface area contributed by atoms with Gasteiger partial charge in [-0.1, -0.05) is 13.8 Å². The number of carbonyl (C=O) groups is 1. The first-order valence-corrected chi connectivity index (χ1v) is 9.43. The molecule has 1 fully saturated rings. The Hall–Kier alpha value is -1.39. The highest BCUT2D eigenvalue weighted by Gasteiger charge is 2.50. The van der Waals surface area contributed by atoms with Gasteiger partial charge in [0.25, 0.3) is 0 Å². The van der Waals surface area contributed by atoms with Gasteiger partial charge in [0.05, 0.1) is 17.1 Å². The van der Waals surface area contributed by atoms with Gasteiger partial charge in [0, 0.05) is 10.8 Å². The number of nitrogens with one attached hydrogen (secondary N) is 1. The van der Waals surface area contributed by atoms with Crippen LogP contribution in [0.3, 0.4) is 0 Å². The number of hydrogen-bond acceptors (Lipinski definition) is 5. The molecule has 0 unspecified atom stereocenters. The van der Waals surface area contributed by atoms with Crippen molar-refractivity contribution < 1.29 is 13.2 Å². The third-order valence-electron chi connectivity index (χ3n) is 4.28. The Morgan fingerprint density at radius 3 is 2.71 bits per heavy atom. The van der Waals surface area contributed by atoms with Gasteiger partial charge in [0.15, 0.2) is 9.84 Å². The minimum atomic E-state index is -3.07. The molecule has 1 N–H and O–H groups in total. The molecule has 1 atom stereocenters. The maximum Gasteiger partial charge on any atom is 0.228 e. The van der Waals surface area contributed by atoms with E-state index in [9.17, 15) is 18.5 Å². The van der Waals surface area contributed by atoms with Crippen LogP contribution in [0, 0.1) is 22.7 Å². The fraction of sp³-hybridized carbons (Fsp3) is 0.571. The van der Waals surface area contributed by atoms with Crippen LogP contribution in [0.25, 0.3) is 0 Å². The first-order chi connectivity index (χ1) is 9.73. The maximum atomic E-state index is 12.2. The number of rotatable bonds is 2. The van der Waals surface area contributed by atoms with E-state index in [1.165, 1.54) is 11.3 Å². The molecule has 7 heteroatoms. The van der Waals surface area contributed by atoms with Crippen molar-refractivity contribution in [1.29, 1.82) is 5.26 Å². The molecule has 1 aromatic rings. The molecule has 1 saturated carbocycles. The number of sulfone groups is 1. The SMILES string of the molecule is CC1(C)C[C@@H]1C(=O)Nc1sc2c(c1C#N)CCS(=O)(=O)C2. The molecule has 0 spiro atoms. The number of hydrogen-bond donors (Lipinski definition) is 1. The normalized spacial score (nSPS) is 24.7. The summed E-state index contributed by atoms with van der Waals surface area (Å²) in [6.45, 7) is 4.07. The summed E-state index contributed by atoms with van der Waals surface area (Å²) in [6.07, 6.45) is 1.21. The van der Waals surface area contributed by atoms with Gasteiger partial charge in [-0.2, -0.15) is 5.26 Å². The van der Waals surface area contributed by atoms with E-state index in [1.807, 2.05) is 13.8 Å². The summed E-state index contributed by atoms with van der Waals surface area (Å²) in [4.78, 5) is 12.9. The standard InChI is InChI=1S/C14H16N2O3S2/c1-14(2)5-10(14)12(17)16-13-9(6-15)8-3-4-21(18,19)7-11(8)20-13/h10H,3-5,7H2,1-2H3,(H,16,17)/t10-/m1/s1. The third-order valence-corrected chi connectivity index (χ3v) is 7.17. The Bertz CT molecular complexity index is 769. The van der Waals surface area contributed by atoms with Gasteiger partial charge in [-0.25, -0.2) is 8.42 Å². The van der Waals surface area contributed by atoms with E-state index in [1.54, 1.807) is 0 Å². The Morgan fingerprint density at radius 1 is 1.48 bits per heavy atom. The summed E-state index contributed by atoms with van der Waals surface area (Å²) in [6, 6.07) is 2.12. The molecule has 2 aliphatic rings. The van der Waals surface area contributed by atoms with Gasteiger partial charge < -0.3 is 5.32 Å². The van der Waals surface area contributed by atoms with Crippen LogP contribution in [0.5, 0.6) is 0 Å². The summed E-state index contributed by atoms with van der Waals surface area (Å²) >= 11 is 1.23. The molecule has 1 aliphatic carbocycles. The van der Waals surface area contributed by atoms with Gasteiger partial charge in [0.1, 0.15) is 11.1 Å². The Morgan fingerprint density at radius 2 is 2.14 bits per heavy atom. The van der Waals surface area contributed by atoms with Crippen molar-refractivity contribution in [2.45, 2.75) is 32.4 Å². The molecule has 3 rings (SSSR count). The van der Waals surface area contributed by atoms with Crippen molar-refractivity contribution >= 4 is 32.1 Å². The molecule has 1 aliphatic heterocycles. The van der Waals surface area contributed by atoms with Crippen LogP contribution in [-0.4, -0.2) is 20.1 Å². The van der Waals surface area contributed by atoms with E-state index in [4.69, 9.17) is 0 Å². The molecule has 2 heterocycles. The van der Waals surface area contributed by atoms with Crippen LogP contribution in [0.1, 0.15) is 36.3 Å². The van der Waals surface area contributed by atoms with Gasteiger partial charge >= 0.3 is 0 Å². The summed E-state index contributed by atoms with van der Waals surface area (Å²) in [5, 5.41) is 12.7. The molecule has 0 aromatic carbocycles. The first-order valence-electron chi connectivity index (χ1n) is 6.79. The topological polar surface area (TPSA) is 87.0 Å². The molecule has 112 valence electrons. The lowest BCUT2D eigenvalue weighted by Gasteiger charge is -2.11. The second-order valence-electron chi connectivity index (χ2n) is 6.40. The predicted molar refractivity (Wildman–Crippen MR) is 80.7 cm³/mol. The van der Waals surface area contributed by atoms with Crippen molar-refractivity contribution in [2.75, 3.05) is 11.1 Å². The fourth-order valence-corrected chi connectivity index (χ4v) is 5.75. The fourth-order valence-electron chi connectivity index (χ4n) is 2.74. The van der Waals surface area contributed by atoms with Crippen LogP contribution in [-0.2, 0) is 26.8 Å². The molecule has 1 amide bonds. The van der Waals surface area contributed by atoms with Gasteiger partial charge in [0.2, 0.25) is 5.91 Å². The summed E-state index contributed by atoms with van der Waals surface area (Å²) in [7, 11) is -3.07. The average molecular weight is 324 g/mol. The minimum absolute atomic E-state index is 0.0214. The van der Waals surface area contributed by atoms with Gasteiger partial charge in [-0.15, -0.1) is 11.3 Å². The zero-order valence-corrected chi connectivity index (χ0v) is 13.5. The molecule has 0 bridgehead atoms. The summed E-state index contributed by atoms with van der Waals surface area (Å²) in [5.41, 5.74) is 1.26. The predicted octanol–water partition coefficient (Wildman–Crippen LogP) is 2.08. The number of amides is 1. The van der Waals surface area contributed by atoms with E-state index in [2.05, 4.69) is 11.4 Å². The maximum absolute atomic E-state index is 12.2. The molecule has 1 aromatic heterocycles. The van der Waals surface area contributed by atoms with Crippen LogP contribution >= 0.6 is 11.3 Å². The zero-order valence-electron chi connectivity index (χ0n) is 11.9. The van der Waals surface area contributed by atoms with E-state index < -0.39 is 9.84 Å². The quantitative estimate of drug-likeness (QED) is 0.902. The average Bonchev–Trinajstić information content (AvgIpc) is 2.88. The lowest BCUT2D eigenvalue weighted by molar-refractivity contribution is -0.117. The van der Waals surface area contributed by atoms with Crippen LogP contribution in [0.15, 0.2) is 0 Å². The van der Waals surface area contributed by atoms with Crippen LogP contribution < -0.4 is 5.32 Å². The van der Waals surface area contributed by atoms with E-state index in [0.29, 0.717) is 21.9 Å².